The Labute approximate surface area is 77.2 Å². The van der Waals surface area contributed by atoms with Crippen molar-refractivity contribution in [3.8, 4) is 0 Å². The van der Waals surface area contributed by atoms with Crippen LogP contribution in [-0.2, 0) is 0 Å². The Bertz CT molecular complexity index is 232. The molecular weight excluding hydrogens is 176 g/mol. The molecule has 5 heteroatoms. The van der Waals surface area contributed by atoms with Gasteiger partial charge in [0.25, 0.3) is 0 Å². The lowest BCUT2D eigenvalue weighted by Gasteiger charge is -1.96. The third-order valence-electron chi connectivity index (χ3n) is 1.02. The quantitative estimate of drug-likeness (QED) is 0.628. The zero-order chi connectivity index (χ0) is 9.56. The van der Waals surface area contributed by atoms with Crippen molar-refractivity contribution in [3.63, 3.8) is 0 Å². The predicted octanol–water partition coefficient (Wildman–Crippen LogP) is 0.441. The van der Waals surface area contributed by atoms with Crippen molar-refractivity contribution in [2.45, 2.75) is 13.8 Å². The molecule has 0 saturated carbocycles. The van der Waals surface area contributed by atoms with E-state index in [9.17, 15) is 0 Å². The van der Waals surface area contributed by atoms with E-state index in [0.29, 0.717) is 10.5 Å². The zero-order valence-corrected chi connectivity index (χ0v) is 7.78. The first kappa shape index (κ1) is 11.4. The third-order valence-corrected chi connectivity index (χ3v) is 1.23. The van der Waals surface area contributed by atoms with Gasteiger partial charge in [0.05, 0.1) is 5.02 Å². The molecule has 66 valence electrons. The smallest absolute Gasteiger partial charge is 0.423 e. The summed E-state index contributed by atoms with van der Waals surface area (Å²) in [5, 5.41) is 17.6. The average molecular weight is 187 g/mol. The number of nitrogens with zero attached hydrogens (tertiary/aromatic N) is 1. The minimum atomic E-state index is -1.49. The Morgan fingerprint density at radius 2 is 1.92 bits per heavy atom. The Balaban J connectivity index is 0.000000561. The summed E-state index contributed by atoms with van der Waals surface area (Å²) >= 11 is 5.50. The summed E-state index contributed by atoms with van der Waals surface area (Å²) in [4.78, 5) is 3.65. The summed E-state index contributed by atoms with van der Waals surface area (Å²) in [5.41, 5.74) is 0.299. The molecule has 1 rings (SSSR count). The molecule has 0 saturated heterocycles. The summed E-state index contributed by atoms with van der Waals surface area (Å²) in [5.74, 6) is 0. The summed E-state index contributed by atoms with van der Waals surface area (Å²) in [7, 11) is -1.49. The molecule has 0 fully saturated rings. The molecule has 1 aromatic rings. The Kier molecular flexibility index (Phi) is 5.71. The lowest BCUT2D eigenvalue weighted by molar-refractivity contribution is 0.425. The van der Waals surface area contributed by atoms with E-state index in [0.717, 1.165) is 0 Å². The van der Waals surface area contributed by atoms with Gasteiger partial charge in [-0.05, 0) is 6.07 Å². The molecule has 0 radical (unpaired) electrons. The van der Waals surface area contributed by atoms with E-state index in [4.69, 9.17) is 21.6 Å². The Hall–Kier alpha value is -0.575. The fourth-order valence-electron chi connectivity index (χ4n) is 0.569. The lowest BCUT2D eigenvalue weighted by atomic mass is 9.82. The van der Waals surface area contributed by atoms with E-state index < -0.39 is 7.12 Å². The largest absolute Gasteiger partial charge is 0.490 e. The molecule has 0 unspecified atom stereocenters. The van der Waals surface area contributed by atoms with Gasteiger partial charge in [-0.3, -0.25) is 4.98 Å². The standard InChI is InChI=1S/C5H5BClNO2.C2H6/c7-5-1-4(6(9)10)2-8-3-5;1-2/h1-3,9-10H;1-2H3. The van der Waals surface area contributed by atoms with Gasteiger partial charge in [0, 0.05) is 17.9 Å². The molecule has 0 aliphatic heterocycles. The second-order valence-electron chi connectivity index (χ2n) is 1.81. The van der Waals surface area contributed by atoms with Crippen LogP contribution in [0.3, 0.4) is 0 Å². The molecular formula is C7H11BClNO2. The van der Waals surface area contributed by atoms with Crippen LogP contribution >= 0.6 is 11.6 Å². The predicted molar refractivity (Wildman–Crippen MR) is 50.4 cm³/mol. The molecule has 1 aromatic heterocycles. The van der Waals surface area contributed by atoms with Crippen molar-refractivity contribution in [1.82, 2.24) is 4.98 Å². The summed E-state index contributed by atoms with van der Waals surface area (Å²) in [6, 6.07) is 1.44. The molecule has 2 N–H and O–H groups in total. The van der Waals surface area contributed by atoms with Gasteiger partial charge in [-0.2, -0.15) is 0 Å². The van der Waals surface area contributed by atoms with Crippen LogP contribution in [-0.4, -0.2) is 22.2 Å². The maximum absolute atomic E-state index is 8.61. The van der Waals surface area contributed by atoms with Gasteiger partial charge in [-0.1, -0.05) is 25.4 Å². The van der Waals surface area contributed by atoms with Crippen molar-refractivity contribution in [2.24, 2.45) is 0 Å². The van der Waals surface area contributed by atoms with Crippen molar-refractivity contribution in [1.29, 1.82) is 0 Å². The second kappa shape index (κ2) is 6.00. The van der Waals surface area contributed by atoms with Gasteiger partial charge >= 0.3 is 7.12 Å². The van der Waals surface area contributed by atoms with E-state index >= 15 is 0 Å². The number of halogens is 1. The topological polar surface area (TPSA) is 53.4 Å². The molecule has 3 nitrogen and oxygen atoms in total. The van der Waals surface area contributed by atoms with Crippen molar-refractivity contribution in [2.75, 3.05) is 0 Å². The zero-order valence-electron chi connectivity index (χ0n) is 7.03. The number of hydrogen-bond donors (Lipinski definition) is 2. The van der Waals surface area contributed by atoms with Gasteiger partial charge in [0.2, 0.25) is 0 Å². The molecule has 12 heavy (non-hydrogen) atoms. The molecule has 0 amide bonds. The van der Waals surface area contributed by atoms with Crippen molar-refractivity contribution in [3.05, 3.63) is 23.5 Å². The third kappa shape index (κ3) is 3.71. The number of pyridine rings is 1. The first-order valence-electron chi connectivity index (χ1n) is 3.67. The fraction of sp³-hybridized carbons (Fsp3) is 0.286. The number of rotatable bonds is 1. The van der Waals surface area contributed by atoms with Crippen LogP contribution in [0.25, 0.3) is 0 Å². The molecule has 0 spiro atoms. The highest BCUT2D eigenvalue weighted by atomic mass is 35.5. The van der Waals surface area contributed by atoms with Crippen molar-refractivity contribution < 1.29 is 10.0 Å². The van der Waals surface area contributed by atoms with Crippen LogP contribution in [0.1, 0.15) is 13.8 Å². The fourth-order valence-corrected chi connectivity index (χ4v) is 0.752. The van der Waals surface area contributed by atoms with Crippen LogP contribution in [0.2, 0.25) is 5.02 Å². The highest BCUT2D eigenvalue weighted by Crippen LogP contribution is 2.00. The van der Waals surface area contributed by atoms with Gasteiger partial charge < -0.3 is 10.0 Å². The van der Waals surface area contributed by atoms with E-state index in [1.807, 2.05) is 13.8 Å². The molecule has 0 atom stereocenters. The highest BCUT2D eigenvalue weighted by molar-refractivity contribution is 6.58. The van der Waals surface area contributed by atoms with Gasteiger partial charge in [-0.25, -0.2) is 0 Å². The van der Waals surface area contributed by atoms with E-state index in [-0.39, 0.29) is 0 Å². The molecule has 1 heterocycles. The maximum atomic E-state index is 8.61. The van der Waals surface area contributed by atoms with Gasteiger partial charge in [-0.15, -0.1) is 0 Å². The number of aromatic nitrogens is 1. The first-order valence-corrected chi connectivity index (χ1v) is 4.04. The lowest BCUT2D eigenvalue weighted by Crippen LogP contribution is -2.29. The van der Waals surface area contributed by atoms with Crippen LogP contribution in [0.5, 0.6) is 0 Å². The van der Waals surface area contributed by atoms with Gasteiger partial charge in [0.1, 0.15) is 0 Å². The Morgan fingerprint density at radius 3 is 2.25 bits per heavy atom. The molecule has 0 bridgehead atoms. The monoisotopic (exact) mass is 187 g/mol. The van der Waals surface area contributed by atoms with Crippen LogP contribution in [0.4, 0.5) is 0 Å². The normalized spacial score (nSPS) is 8.42. The second-order valence-corrected chi connectivity index (χ2v) is 2.25. The van der Waals surface area contributed by atoms with Crippen LogP contribution in [0.15, 0.2) is 18.5 Å². The summed E-state index contributed by atoms with van der Waals surface area (Å²) < 4.78 is 0. The molecule has 0 aliphatic rings. The SMILES string of the molecule is CC.OB(O)c1cncc(Cl)c1. The van der Waals surface area contributed by atoms with Crippen LogP contribution in [0, 0.1) is 0 Å². The molecule has 0 aliphatic carbocycles. The average Bonchev–Trinajstić information content (AvgIpc) is 2.08. The minimum Gasteiger partial charge on any atom is -0.423 e. The maximum Gasteiger partial charge on any atom is 0.490 e. The highest BCUT2D eigenvalue weighted by Gasteiger charge is 2.10. The van der Waals surface area contributed by atoms with E-state index in [2.05, 4.69) is 4.98 Å². The van der Waals surface area contributed by atoms with Crippen LogP contribution < -0.4 is 5.46 Å². The minimum absolute atomic E-state index is 0.299. The first-order chi connectivity index (χ1) is 5.70. The van der Waals surface area contributed by atoms with E-state index in [1.165, 1.54) is 18.5 Å². The Morgan fingerprint density at radius 1 is 1.33 bits per heavy atom. The van der Waals surface area contributed by atoms with Crippen molar-refractivity contribution >= 4 is 24.2 Å². The molecule has 0 aromatic carbocycles. The van der Waals surface area contributed by atoms with Gasteiger partial charge in [0.15, 0.2) is 0 Å². The number of hydrogen-bond acceptors (Lipinski definition) is 3. The summed E-state index contributed by atoms with van der Waals surface area (Å²) in [6.45, 7) is 4.00. The summed E-state index contributed by atoms with van der Waals surface area (Å²) in [6.07, 6.45) is 2.77. The van der Waals surface area contributed by atoms with E-state index in [1.54, 1.807) is 0 Å².